The zero-order valence-electron chi connectivity index (χ0n) is 8.55. The van der Waals surface area contributed by atoms with Gasteiger partial charge in [-0.2, -0.15) is 13.2 Å². The van der Waals surface area contributed by atoms with Crippen molar-refractivity contribution in [3.05, 3.63) is 48.0 Å². The van der Waals surface area contributed by atoms with Crippen molar-refractivity contribution in [2.75, 3.05) is 0 Å². The maximum Gasteiger partial charge on any atom is 0.389 e. The Balaban J connectivity index is 2.65. The molecule has 0 heterocycles. The molecule has 0 amide bonds. The molecule has 0 radical (unpaired) electrons. The van der Waals surface area contributed by atoms with Crippen LogP contribution >= 0.6 is 0 Å². The minimum Gasteiger partial charge on any atom is -0.289 e. The van der Waals surface area contributed by atoms with Crippen molar-refractivity contribution < 1.29 is 18.0 Å². The molecule has 0 spiro atoms. The average Bonchev–Trinajstić information content (AvgIpc) is 2.25. The molecule has 0 unspecified atom stereocenters. The lowest BCUT2D eigenvalue weighted by Crippen LogP contribution is -2.08. The fraction of sp³-hybridized carbons (Fsp3) is 0.250. The molecule has 0 atom stereocenters. The van der Waals surface area contributed by atoms with Crippen molar-refractivity contribution in [2.24, 2.45) is 0 Å². The van der Waals surface area contributed by atoms with Gasteiger partial charge in [-0.3, -0.25) is 4.79 Å². The van der Waals surface area contributed by atoms with Crippen molar-refractivity contribution in [3.8, 4) is 0 Å². The minimum absolute atomic E-state index is 0.0634. The van der Waals surface area contributed by atoms with Gasteiger partial charge in [0.25, 0.3) is 0 Å². The number of aryl methyl sites for hydroxylation is 1. The summed E-state index contributed by atoms with van der Waals surface area (Å²) in [5.74, 6) is -0.234. The van der Waals surface area contributed by atoms with E-state index in [4.69, 9.17) is 0 Å². The van der Waals surface area contributed by atoms with Crippen molar-refractivity contribution in [1.82, 2.24) is 0 Å². The third kappa shape index (κ3) is 3.88. The van der Waals surface area contributed by atoms with E-state index in [0.717, 1.165) is 0 Å². The van der Waals surface area contributed by atoms with Gasteiger partial charge < -0.3 is 0 Å². The number of benzene rings is 1. The van der Waals surface area contributed by atoms with Gasteiger partial charge in [-0.25, -0.2) is 0 Å². The quantitative estimate of drug-likeness (QED) is 0.569. The first-order chi connectivity index (χ1) is 7.42. The number of alkyl halides is 3. The number of hydrogen-bond acceptors (Lipinski definition) is 1. The normalized spacial score (nSPS) is 11.2. The molecule has 1 rings (SSSR count). The van der Waals surface area contributed by atoms with Gasteiger partial charge in [0.1, 0.15) is 0 Å². The van der Waals surface area contributed by atoms with Crippen LogP contribution in [-0.4, -0.2) is 12.0 Å². The summed E-state index contributed by atoms with van der Waals surface area (Å²) in [6, 6.07) is 6.08. The van der Waals surface area contributed by atoms with Crippen LogP contribution in [0.3, 0.4) is 0 Å². The van der Waals surface area contributed by atoms with Crippen LogP contribution in [0.1, 0.15) is 22.3 Å². The number of halogens is 3. The highest BCUT2D eigenvalue weighted by molar-refractivity contribution is 6.04. The molecule has 0 aliphatic heterocycles. The first-order valence-electron chi connectivity index (χ1n) is 4.75. The van der Waals surface area contributed by atoms with Crippen molar-refractivity contribution in [2.45, 2.75) is 19.0 Å². The third-order valence-corrected chi connectivity index (χ3v) is 2.12. The summed E-state index contributed by atoms with van der Waals surface area (Å²) < 4.78 is 35.8. The highest BCUT2D eigenvalue weighted by atomic mass is 19.4. The summed E-state index contributed by atoms with van der Waals surface area (Å²) in [7, 11) is 0. The number of carbonyl (C=O) groups excluding carboxylic acids is 1. The summed E-state index contributed by atoms with van der Waals surface area (Å²) in [6.45, 7) is 3.33. The number of rotatable bonds is 4. The summed E-state index contributed by atoms with van der Waals surface area (Å²) in [4.78, 5) is 11.1. The molecule has 0 aliphatic rings. The fourth-order valence-corrected chi connectivity index (χ4v) is 1.24. The number of carbonyl (C=O) groups is 1. The molecule has 1 nitrogen and oxygen atoms in total. The monoisotopic (exact) mass is 228 g/mol. The highest BCUT2D eigenvalue weighted by Gasteiger charge is 2.26. The topological polar surface area (TPSA) is 17.1 Å². The molecule has 0 fully saturated rings. The third-order valence-electron chi connectivity index (χ3n) is 2.12. The Morgan fingerprint density at radius 2 is 1.81 bits per heavy atom. The van der Waals surface area contributed by atoms with Crippen LogP contribution in [-0.2, 0) is 6.42 Å². The van der Waals surface area contributed by atoms with E-state index in [2.05, 4.69) is 6.58 Å². The fourth-order valence-electron chi connectivity index (χ4n) is 1.24. The Bertz CT molecular complexity index is 376. The zero-order chi connectivity index (χ0) is 12.2. The molecule has 1 aromatic rings. The van der Waals surface area contributed by atoms with E-state index in [-0.39, 0.29) is 12.2 Å². The van der Waals surface area contributed by atoms with E-state index in [1.54, 1.807) is 0 Å². The second-order valence-corrected chi connectivity index (χ2v) is 3.38. The molecule has 0 saturated heterocycles. The minimum atomic E-state index is -4.14. The van der Waals surface area contributed by atoms with Crippen LogP contribution < -0.4 is 0 Å². The second-order valence-electron chi connectivity index (χ2n) is 3.38. The van der Waals surface area contributed by atoms with Crippen LogP contribution in [0.5, 0.6) is 0 Å². The predicted molar refractivity (Wildman–Crippen MR) is 55.3 cm³/mol. The Labute approximate surface area is 91.6 Å². The average molecular weight is 228 g/mol. The lowest BCUT2D eigenvalue weighted by molar-refractivity contribution is -0.133. The van der Waals surface area contributed by atoms with Crippen LogP contribution in [0.25, 0.3) is 0 Å². The molecule has 0 N–H and O–H groups in total. The molecule has 1 aromatic carbocycles. The summed E-state index contributed by atoms with van der Waals surface area (Å²) in [5, 5.41) is 0. The zero-order valence-corrected chi connectivity index (χ0v) is 8.55. The number of ketones is 1. The molecule has 16 heavy (non-hydrogen) atoms. The van der Waals surface area contributed by atoms with Gasteiger partial charge in [-0.15, -0.1) is 0 Å². The van der Waals surface area contributed by atoms with E-state index in [1.807, 2.05) is 0 Å². The molecule has 0 saturated carbocycles. The van der Waals surface area contributed by atoms with E-state index in [0.29, 0.717) is 11.1 Å². The predicted octanol–water partition coefficient (Wildman–Crippen LogP) is 3.55. The van der Waals surface area contributed by atoms with Crippen molar-refractivity contribution in [3.63, 3.8) is 0 Å². The van der Waals surface area contributed by atoms with Crippen LogP contribution in [0.2, 0.25) is 0 Å². The standard InChI is InChI=1S/C12H11F3O/c1-2-11(16)10-5-3-9(4-6-10)7-8-12(13,14)15/h2-6H,1,7-8H2. The van der Waals surface area contributed by atoms with Gasteiger partial charge in [0.15, 0.2) is 5.78 Å². The summed E-state index contributed by atoms with van der Waals surface area (Å²) in [6.07, 6.45) is -3.88. The summed E-state index contributed by atoms with van der Waals surface area (Å²) in [5.41, 5.74) is 1.00. The van der Waals surface area contributed by atoms with Crippen molar-refractivity contribution in [1.29, 1.82) is 0 Å². The first kappa shape index (κ1) is 12.5. The van der Waals surface area contributed by atoms with Crippen molar-refractivity contribution >= 4 is 5.78 Å². The molecule has 0 bridgehead atoms. The van der Waals surface area contributed by atoms with E-state index in [1.165, 1.54) is 30.3 Å². The van der Waals surface area contributed by atoms with E-state index in [9.17, 15) is 18.0 Å². The largest absolute Gasteiger partial charge is 0.389 e. The SMILES string of the molecule is C=CC(=O)c1ccc(CCC(F)(F)F)cc1. The lowest BCUT2D eigenvalue weighted by atomic mass is 10.1. The number of hydrogen-bond donors (Lipinski definition) is 0. The van der Waals surface area contributed by atoms with Gasteiger partial charge in [0.05, 0.1) is 0 Å². The maximum absolute atomic E-state index is 11.9. The molecule has 4 heteroatoms. The summed E-state index contributed by atoms with van der Waals surface area (Å²) >= 11 is 0. The Kier molecular flexibility index (Phi) is 3.88. The molecular formula is C12H11F3O. The Morgan fingerprint density at radius 1 is 1.25 bits per heavy atom. The van der Waals surface area contributed by atoms with E-state index < -0.39 is 12.6 Å². The highest BCUT2D eigenvalue weighted by Crippen LogP contribution is 2.22. The van der Waals surface area contributed by atoms with Crippen LogP contribution in [0.15, 0.2) is 36.9 Å². The van der Waals surface area contributed by atoms with Gasteiger partial charge in [-0.05, 0) is 18.1 Å². The molecule has 0 aliphatic carbocycles. The second kappa shape index (κ2) is 4.96. The van der Waals surface area contributed by atoms with Gasteiger partial charge >= 0.3 is 6.18 Å². The van der Waals surface area contributed by atoms with Gasteiger partial charge in [-0.1, -0.05) is 30.8 Å². The maximum atomic E-state index is 11.9. The smallest absolute Gasteiger partial charge is 0.289 e. The Hall–Kier alpha value is -1.58. The Morgan fingerprint density at radius 3 is 2.25 bits per heavy atom. The van der Waals surface area contributed by atoms with E-state index >= 15 is 0 Å². The van der Waals surface area contributed by atoms with Gasteiger partial charge in [0, 0.05) is 12.0 Å². The van der Waals surface area contributed by atoms with Gasteiger partial charge in [0.2, 0.25) is 0 Å². The molecule has 86 valence electrons. The van der Waals surface area contributed by atoms with Crippen LogP contribution in [0, 0.1) is 0 Å². The number of allylic oxidation sites excluding steroid dienone is 1. The first-order valence-corrected chi connectivity index (χ1v) is 4.75. The molecule has 0 aromatic heterocycles. The van der Waals surface area contributed by atoms with Crippen LogP contribution in [0.4, 0.5) is 13.2 Å². The molecular weight excluding hydrogens is 217 g/mol. The lowest BCUT2D eigenvalue weighted by Gasteiger charge is -2.06.